The van der Waals surface area contributed by atoms with Gasteiger partial charge in [-0.15, -0.1) is 0 Å². The van der Waals surface area contributed by atoms with Gasteiger partial charge in [-0.3, -0.25) is 9.59 Å². The first-order valence-corrected chi connectivity index (χ1v) is 7.57. The van der Waals surface area contributed by atoms with E-state index >= 15 is 0 Å². The van der Waals surface area contributed by atoms with E-state index in [1.54, 1.807) is 0 Å². The molecule has 0 radical (unpaired) electrons. The topological polar surface area (TPSA) is 57.6 Å². The molecule has 0 aromatic heterocycles. The van der Waals surface area contributed by atoms with Crippen LogP contribution >= 0.6 is 0 Å². The number of carbonyl (C=O) groups excluding carboxylic acids is 1. The lowest BCUT2D eigenvalue weighted by Crippen LogP contribution is -2.52. The van der Waals surface area contributed by atoms with Gasteiger partial charge in [-0.25, -0.2) is 0 Å². The highest BCUT2D eigenvalue weighted by atomic mass is 16.4. The van der Waals surface area contributed by atoms with Crippen LogP contribution < -0.4 is 0 Å². The Balaban J connectivity index is 2.14. The lowest BCUT2D eigenvalue weighted by Gasteiger charge is -2.42. The summed E-state index contributed by atoms with van der Waals surface area (Å²) in [7, 11) is 0. The zero-order valence-electron chi connectivity index (χ0n) is 12.0. The number of carboxylic acids is 1. The van der Waals surface area contributed by atoms with Gasteiger partial charge >= 0.3 is 5.97 Å². The molecule has 1 aliphatic carbocycles. The van der Waals surface area contributed by atoms with E-state index in [4.69, 9.17) is 0 Å². The number of piperidine rings is 1. The summed E-state index contributed by atoms with van der Waals surface area (Å²) in [4.78, 5) is 26.1. The van der Waals surface area contributed by atoms with E-state index in [0.717, 1.165) is 32.1 Å². The highest BCUT2D eigenvalue weighted by Gasteiger charge is 2.40. The number of amides is 1. The van der Waals surface area contributed by atoms with Gasteiger partial charge in [0.15, 0.2) is 0 Å². The zero-order chi connectivity index (χ0) is 14.0. The van der Waals surface area contributed by atoms with Crippen molar-refractivity contribution in [2.45, 2.75) is 70.9 Å². The molecule has 4 atom stereocenters. The lowest BCUT2D eigenvalue weighted by atomic mass is 9.77. The lowest BCUT2D eigenvalue weighted by molar-refractivity contribution is -0.155. The fraction of sp³-hybridized carbons (Fsp3) is 0.867. The van der Waals surface area contributed by atoms with E-state index in [1.165, 1.54) is 6.42 Å². The third kappa shape index (κ3) is 2.93. The summed E-state index contributed by atoms with van der Waals surface area (Å²) in [5, 5.41) is 9.32. The van der Waals surface area contributed by atoms with Crippen LogP contribution in [0.25, 0.3) is 0 Å². The summed E-state index contributed by atoms with van der Waals surface area (Å²) in [5.41, 5.74) is 0. The van der Waals surface area contributed by atoms with Gasteiger partial charge in [0.25, 0.3) is 0 Å². The Bertz CT molecular complexity index is 345. The van der Waals surface area contributed by atoms with Crippen molar-refractivity contribution in [3.8, 4) is 0 Å². The molecule has 1 N–H and O–H groups in total. The highest BCUT2D eigenvalue weighted by Crippen LogP contribution is 2.34. The van der Waals surface area contributed by atoms with Crippen LogP contribution in [0.2, 0.25) is 0 Å². The Morgan fingerprint density at radius 2 is 1.42 bits per heavy atom. The molecule has 2 aliphatic rings. The maximum atomic E-state index is 12.8. The molecule has 1 saturated carbocycles. The Kier molecular flexibility index (Phi) is 4.48. The van der Waals surface area contributed by atoms with Crippen LogP contribution in [0.15, 0.2) is 0 Å². The van der Waals surface area contributed by atoms with Crippen molar-refractivity contribution >= 4 is 11.9 Å². The maximum absolute atomic E-state index is 12.8. The third-order valence-electron chi connectivity index (χ3n) is 4.85. The quantitative estimate of drug-likeness (QED) is 0.836. The standard InChI is InChI=1S/C15H25NO3/c1-10-6-5-7-11(2)16(10)14(17)12-8-3-4-9-13(12)15(18)19/h10-13H,3-9H2,1-2H3,(H,18,19). The molecular formula is C15H25NO3. The summed E-state index contributed by atoms with van der Waals surface area (Å²) in [6, 6.07) is 0.514. The van der Waals surface area contributed by atoms with Crippen LogP contribution in [0.5, 0.6) is 0 Å². The molecule has 4 nitrogen and oxygen atoms in total. The maximum Gasteiger partial charge on any atom is 0.307 e. The second kappa shape index (κ2) is 5.93. The molecule has 0 aromatic carbocycles. The summed E-state index contributed by atoms with van der Waals surface area (Å²) in [5.74, 6) is -1.47. The molecule has 4 unspecified atom stereocenters. The summed E-state index contributed by atoms with van der Waals surface area (Å²) < 4.78 is 0. The van der Waals surface area contributed by atoms with E-state index in [9.17, 15) is 14.7 Å². The van der Waals surface area contributed by atoms with E-state index in [-0.39, 0.29) is 23.9 Å². The van der Waals surface area contributed by atoms with Gasteiger partial charge in [-0.2, -0.15) is 0 Å². The van der Waals surface area contributed by atoms with Gasteiger partial charge in [0.2, 0.25) is 5.91 Å². The van der Waals surface area contributed by atoms with Gasteiger partial charge in [-0.05, 0) is 46.0 Å². The number of nitrogens with zero attached hydrogens (tertiary/aromatic N) is 1. The molecular weight excluding hydrogens is 242 g/mol. The van der Waals surface area contributed by atoms with Crippen LogP contribution in [-0.2, 0) is 9.59 Å². The summed E-state index contributed by atoms with van der Waals surface area (Å²) >= 11 is 0. The van der Waals surface area contributed by atoms with Crippen molar-refractivity contribution in [3.63, 3.8) is 0 Å². The predicted octanol–water partition coefficient (Wildman–Crippen LogP) is 2.67. The number of hydrogen-bond acceptors (Lipinski definition) is 2. The monoisotopic (exact) mass is 267 g/mol. The van der Waals surface area contributed by atoms with Gasteiger partial charge in [0.05, 0.1) is 11.8 Å². The van der Waals surface area contributed by atoms with Crippen LogP contribution in [0.3, 0.4) is 0 Å². The van der Waals surface area contributed by atoms with Gasteiger partial charge in [0, 0.05) is 12.1 Å². The minimum Gasteiger partial charge on any atom is -0.481 e. The molecule has 2 fully saturated rings. The molecule has 1 amide bonds. The Hall–Kier alpha value is -1.06. The Morgan fingerprint density at radius 1 is 0.895 bits per heavy atom. The van der Waals surface area contributed by atoms with Gasteiger partial charge in [-0.1, -0.05) is 12.8 Å². The largest absolute Gasteiger partial charge is 0.481 e. The number of hydrogen-bond donors (Lipinski definition) is 1. The van der Waals surface area contributed by atoms with Crippen molar-refractivity contribution in [1.29, 1.82) is 0 Å². The molecule has 1 aliphatic heterocycles. The average Bonchev–Trinajstić information content (AvgIpc) is 2.38. The van der Waals surface area contributed by atoms with Gasteiger partial charge < -0.3 is 10.0 Å². The van der Waals surface area contributed by atoms with E-state index in [1.807, 2.05) is 4.90 Å². The van der Waals surface area contributed by atoms with Crippen molar-refractivity contribution in [1.82, 2.24) is 4.90 Å². The van der Waals surface area contributed by atoms with Crippen LogP contribution in [0.4, 0.5) is 0 Å². The summed E-state index contributed by atoms with van der Waals surface area (Å²) in [6.45, 7) is 4.18. The number of carbonyl (C=O) groups is 2. The fourth-order valence-corrected chi connectivity index (χ4v) is 3.77. The molecule has 1 saturated heterocycles. The van der Waals surface area contributed by atoms with E-state index in [0.29, 0.717) is 6.42 Å². The van der Waals surface area contributed by atoms with E-state index in [2.05, 4.69) is 13.8 Å². The summed E-state index contributed by atoms with van der Waals surface area (Å²) in [6.07, 6.45) is 6.57. The normalized spacial score (nSPS) is 36.0. The molecule has 0 aromatic rings. The van der Waals surface area contributed by atoms with Crippen molar-refractivity contribution in [2.24, 2.45) is 11.8 Å². The third-order valence-corrected chi connectivity index (χ3v) is 4.85. The smallest absolute Gasteiger partial charge is 0.307 e. The SMILES string of the molecule is CC1CCCC(C)N1C(=O)C1CCCCC1C(=O)O. The molecule has 0 spiro atoms. The van der Waals surface area contributed by atoms with Crippen LogP contribution in [0, 0.1) is 11.8 Å². The van der Waals surface area contributed by atoms with Gasteiger partial charge in [0.1, 0.15) is 0 Å². The first kappa shape index (κ1) is 14.4. The Morgan fingerprint density at radius 3 is 1.95 bits per heavy atom. The molecule has 108 valence electrons. The minimum atomic E-state index is -0.796. The average molecular weight is 267 g/mol. The molecule has 19 heavy (non-hydrogen) atoms. The number of likely N-dealkylation sites (tertiary alicyclic amines) is 1. The Labute approximate surface area is 115 Å². The second-order valence-corrected chi connectivity index (χ2v) is 6.21. The number of rotatable bonds is 2. The zero-order valence-corrected chi connectivity index (χ0v) is 12.0. The first-order valence-electron chi connectivity index (χ1n) is 7.57. The fourth-order valence-electron chi connectivity index (χ4n) is 3.77. The van der Waals surface area contributed by atoms with E-state index < -0.39 is 11.9 Å². The highest BCUT2D eigenvalue weighted by molar-refractivity contribution is 5.85. The molecule has 4 heteroatoms. The first-order chi connectivity index (χ1) is 9.02. The molecule has 0 bridgehead atoms. The van der Waals surface area contributed by atoms with Crippen molar-refractivity contribution < 1.29 is 14.7 Å². The van der Waals surface area contributed by atoms with Crippen molar-refractivity contribution in [2.75, 3.05) is 0 Å². The molecule has 2 rings (SSSR count). The van der Waals surface area contributed by atoms with Crippen molar-refractivity contribution in [3.05, 3.63) is 0 Å². The number of carboxylic acid groups (broad SMARTS) is 1. The number of aliphatic carboxylic acids is 1. The predicted molar refractivity (Wildman–Crippen MR) is 72.7 cm³/mol. The second-order valence-electron chi connectivity index (χ2n) is 6.21. The minimum absolute atomic E-state index is 0.0896. The van der Waals surface area contributed by atoms with Crippen LogP contribution in [0.1, 0.15) is 58.8 Å². The molecule has 1 heterocycles. The van der Waals surface area contributed by atoms with Crippen LogP contribution in [-0.4, -0.2) is 34.0 Å².